The van der Waals surface area contributed by atoms with Crippen molar-refractivity contribution in [2.45, 2.75) is 26.3 Å². The summed E-state index contributed by atoms with van der Waals surface area (Å²) in [6.07, 6.45) is 0. The van der Waals surface area contributed by atoms with E-state index in [1.807, 2.05) is 31.7 Å². The highest BCUT2D eigenvalue weighted by molar-refractivity contribution is 5.99. The van der Waals surface area contributed by atoms with Gasteiger partial charge in [-0.15, -0.1) is 0 Å². The van der Waals surface area contributed by atoms with E-state index in [4.69, 9.17) is 11.5 Å². The number of hydrogen-bond acceptors (Lipinski definition) is 4. The van der Waals surface area contributed by atoms with E-state index in [0.29, 0.717) is 24.5 Å². The van der Waals surface area contributed by atoms with E-state index < -0.39 is 5.91 Å². The van der Waals surface area contributed by atoms with Crippen LogP contribution >= 0.6 is 0 Å². The Morgan fingerprint density at radius 1 is 1.47 bits per heavy atom. The van der Waals surface area contributed by atoms with Crippen molar-refractivity contribution in [1.29, 1.82) is 0 Å². The summed E-state index contributed by atoms with van der Waals surface area (Å²) >= 11 is 0. The molecule has 0 aliphatic carbocycles. The number of nitrogens with two attached hydrogens (primary N) is 2. The molecule has 1 aromatic heterocycles. The molecule has 92 valence electrons. The number of nitrogens with zero attached hydrogens (tertiary/aromatic N) is 2. The standard InChI is InChI=1S/C12H18N4O/c1-7-4-8(2)15-11(9(7)10(13)17)16-5-12(3,14)6-16/h4H,5-6,14H2,1-3H3,(H2,13,17). The third-order valence-corrected chi connectivity index (χ3v) is 2.98. The lowest BCUT2D eigenvalue weighted by Gasteiger charge is -2.46. The van der Waals surface area contributed by atoms with Crippen LogP contribution in [0.15, 0.2) is 6.07 Å². The third-order valence-electron chi connectivity index (χ3n) is 2.98. The molecular weight excluding hydrogens is 216 g/mol. The fraction of sp³-hybridized carbons (Fsp3) is 0.500. The first-order valence-electron chi connectivity index (χ1n) is 5.62. The minimum Gasteiger partial charge on any atom is -0.365 e. The van der Waals surface area contributed by atoms with Crippen LogP contribution in [-0.2, 0) is 0 Å². The van der Waals surface area contributed by atoms with Crippen molar-refractivity contribution in [2.24, 2.45) is 11.5 Å². The maximum Gasteiger partial charge on any atom is 0.252 e. The number of primary amides is 1. The lowest BCUT2D eigenvalue weighted by molar-refractivity contribution is 0.0999. The molecule has 0 bridgehead atoms. The fourth-order valence-corrected chi connectivity index (χ4v) is 2.33. The van der Waals surface area contributed by atoms with E-state index in [0.717, 1.165) is 11.3 Å². The zero-order chi connectivity index (χ0) is 12.8. The molecule has 4 N–H and O–H groups in total. The number of carbonyl (C=O) groups excluding carboxylic acids is 1. The normalized spacial score (nSPS) is 17.8. The molecule has 17 heavy (non-hydrogen) atoms. The van der Waals surface area contributed by atoms with Crippen molar-refractivity contribution >= 4 is 11.7 Å². The SMILES string of the molecule is Cc1cc(C)c(C(N)=O)c(N2CC(C)(N)C2)n1. The molecule has 0 radical (unpaired) electrons. The lowest BCUT2D eigenvalue weighted by atomic mass is 9.92. The molecule has 1 aliphatic heterocycles. The fourth-order valence-electron chi connectivity index (χ4n) is 2.33. The minimum absolute atomic E-state index is 0.200. The Morgan fingerprint density at radius 2 is 2.06 bits per heavy atom. The van der Waals surface area contributed by atoms with E-state index in [9.17, 15) is 4.79 Å². The summed E-state index contributed by atoms with van der Waals surface area (Å²) in [6.45, 7) is 7.16. The van der Waals surface area contributed by atoms with Crippen molar-refractivity contribution < 1.29 is 4.79 Å². The van der Waals surface area contributed by atoms with Gasteiger partial charge < -0.3 is 16.4 Å². The first-order valence-corrected chi connectivity index (χ1v) is 5.62. The van der Waals surface area contributed by atoms with Gasteiger partial charge in [-0.25, -0.2) is 4.98 Å². The average molecular weight is 234 g/mol. The van der Waals surface area contributed by atoms with Crippen molar-refractivity contribution in [3.8, 4) is 0 Å². The summed E-state index contributed by atoms with van der Waals surface area (Å²) in [5.41, 5.74) is 13.4. The molecule has 1 saturated heterocycles. The molecular formula is C12H18N4O. The van der Waals surface area contributed by atoms with Crippen molar-refractivity contribution in [3.05, 3.63) is 22.9 Å². The largest absolute Gasteiger partial charge is 0.365 e. The van der Waals surface area contributed by atoms with Crippen LogP contribution in [0.4, 0.5) is 5.82 Å². The van der Waals surface area contributed by atoms with Crippen LogP contribution in [-0.4, -0.2) is 29.5 Å². The summed E-state index contributed by atoms with van der Waals surface area (Å²) in [5, 5.41) is 0. The van der Waals surface area contributed by atoms with Gasteiger partial charge in [0.2, 0.25) is 0 Å². The molecule has 1 fully saturated rings. The Bertz CT molecular complexity index is 474. The second-order valence-corrected chi connectivity index (χ2v) is 5.15. The van der Waals surface area contributed by atoms with Gasteiger partial charge in [0.1, 0.15) is 5.82 Å². The molecule has 1 aliphatic rings. The molecule has 2 rings (SSSR count). The van der Waals surface area contributed by atoms with E-state index in [1.54, 1.807) is 0 Å². The van der Waals surface area contributed by atoms with Crippen LogP contribution in [0, 0.1) is 13.8 Å². The predicted molar refractivity (Wildman–Crippen MR) is 67.0 cm³/mol. The second-order valence-electron chi connectivity index (χ2n) is 5.15. The van der Waals surface area contributed by atoms with E-state index >= 15 is 0 Å². The Kier molecular flexibility index (Phi) is 2.58. The van der Waals surface area contributed by atoms with E-state index in [2.05, 4.69) is 4.98 Å². The molecule has 0 unspecified atom stereocenters. The summed E-state index contributed by atoms with van der Waals surface area (Å²) in [7, 11) is 0. The molecule has 5 heteroatoms. The number of aryl methyl sites for hydroxylation is 2. The van der Waals surface area contributed by atoms with Crippen molar-refractivity contribution in [1.82, 2.24) is 4.98 Å². The van der Waals surface area contributed by atoms with Crippen LogP contribution in [0.25, 0.3) is 0 Å². The Balaban J connectivity index is 2.42. The number of rotatable bonds is 2. The topological polar surface area (TPSA) is 85.2 Å². The van der Waals surface area contributed by atoms with Crippen LogP contribution in [0.1, 0.15) is 28.5 Å². The Hall–Kier alpha value is -1.62. The molecule has 0 saturated carbocycles. The van der Waals surface area contributed by atoms with Gasteiger partial charge in [0.25, 0.3) is 5.91 Å². The average Bonchev–Trinajstić information content (AvgIpc) is 2.11. The molecule has 2 heterocycles. The molecule has 0 spiro atoms. The summed E-state index contributed by atoms with van der Waals surface area (Å²) in [6, 6.07) is 1.87. The molecule has 1 aromatic rings. The zero-order valence-electron chi connectivity index (χ0n) is 10.4. The second kappa shape index (κ2) is 3.70. The molecule has 5 nitrogen and oxygen atoms in total. The molecule has 0 atom stereocenters. The van der Waals surface area contributed by atoms with Crippen LogP contribution in [0.3, 0.4) is 0 Å². The van der Waals surface area contributed by atoms with Gasteiger partial charge in [0, 0.05) is 24.3 Å². The lowest BCUT2D eigenvalue weighted by Crippen LogP contribution is -2.66. The summed E-state index contributed by atoms with van der Waals surface area (Å²) < 4.78 is 0. The maximum atomic E-state index is 11.5. The van der Waals surface area contributed by atoms with Crippen LogP contribution < -0.4 is 16.4 Å². The Morgan fingerprint density at radius 3 is 2.53 bits per heavy atom. The first-order chi connectivity index (χ1) is 7.80. The van der Waals surface area contributed by atoms with Gasteiger partial charge in [-0.3, -0.25) is 4.79 Å². The third kappa shape index (κ3) is 2.10. The maximum absolute atomic E-state index is 11.5. The van der Waals surface area contributed by atoms with Gasteiger partial charge in [0.15, 0.2) is 0 Å². The number of hydrogen-bond donors (Lipinski definition) is 2. The highest BCUT2D eigenvalue weighted by atomic mass is 16.1. The van der Waals surface area contributed by atoms with Gasteiger partial charge in [-0.05, 0) is 32.4 Å². The van der Waals surface area contributed by atoms with E-state index in [-0.39, 0.29) is 5.54 Å². The molecule has 1 amide bonds. The monoisotopic (exact) mass is 234 g/mol. The van der Waals surface area contributed by atoms with Crippen LogP contribution in [0.2, 0.25) is 0 Å². The van der Waals surface area contributed by atoms with Gasteiger partial charge in [-0.2, -0.15) is 0 Å². The number of pyridine rings is 1. The quantitative estimate of drug-likeness (QED) is 0.772. The number of carbonyl (C=O) groups is 1. The number of anilines is 1. The minimum atomic E-state index is -0.435. The Labute approximate surface area is 101 Å². The highest BCUT2D eigenvalue weighted by Gasteiger charge is 2.37. The van der Waals surface area contributed by atoms with E-state index in [1.165, 1.54) is 0 Å². The van der Waals surface area contributed by atoms with Crippen molar-refractivity contribution in [2.75, 3.05) is 18.0 Å². The number of aromatic nitrogens is 1. The first kappa shape index (κ1) is 11.9. The zero-order valence-corrected chi connectivity index (χ0v) is 10.4. The summed E-state index contributed by atoms with van der Waals surface area (Å²) in [5.74, 6) is 0.230. The van der Waals surface area contributed by atoms with Gasteiger partial charge in [0.05, 0.1) is 5.56 Å². The molecule has 0 aromatic carbocycles. The summed E-state index contributed by atoms with van der Waals surface area (Å²) in [4.78, 5) is 17.9. The van der Waals surface area contributed by atoms with Crippen molar-refractivity contribution in [3.63, 3.8) is 0 Å². The van der Waals surface area contributed by atoms with Crippen LogP contribution in [0.5, 0.6) is 0 Å². The van der Waals surface area contributed by atoms with Gasteiger partial charge in [-0.1, -0.05) is 0 Å². The number of amides is 1. The smallest absolute Gasteiger partial charge is 0.252 e. The predicted octanol–water partition coefficient (Wildman–Crippen LogP) is 0.335. The highest BCUT2D eigenvalue weighted by Crippen LogP contribution is 2.29. The van der Waals surface area contributed by atoms with Gasteiger partial charge >= 0.3 is 0 Å².